The fourth-order valence-corrected chi connectivity index (χ4v) is 1.96. The molecular weight excluding hydrogens is 268 g/mol. The lowest BCUT2D eigenvalue weighted by atomic mass is 10.1. The maximum absolute atomic E-state index is 10.5. The summed E-state index contributed by atoms with van der Waals surface area (Å²) in [7, 11) is 1.58. The van der Waals surface area contributed by atoms with E-state index in [-0.39, 0.29) is 0 Å². The van der Waals surface area contributed by atoms with Crippen LogP contribution >= 0.6 is 0 Å². The van der Waals surface area contributed by atoms with Crippen molar-refractivity contribution in [1.29, 1.82) is 0 Å². The van der Waals surface area contributed by atoms with Crippen LogP contribution in [0.1, 0.15) is 44.6 Å². The molecule has 0 amide bonds. The molecule has 1 N–H and O–H groups in total. The highest BCUT2D eigenvalue weighted by molar-refractivity contribution is 5.85. The third kappa shape index (κ3) is 6.84. The average Bonchev–Trinajstić information content (AvgIpc) is 2.49. The molecule has 0 aliphatic rings. The quantitative estimate of drug-likeness (QED) is 0.520. The van der Waals surface area contributed by atoms with Crippen molar-refractivity contribution in [2.75, 3.05) is 13.7 Å². The van der Waals surface area contributed by atoms with Crippen LogP contribution in [-0.4, -0.2) is 24.8 Å². The Bertz CT molecular complexity index is 466. The first-order valence-corrected chi connectivity index (χ1v) is 7.39. The predicted molar refractivity (Wildman–Crippen MR) is 83.9 cm³/mol. The van der Waals surface area contributed by atoms with E-state index in [0.29, 0.717) is 18.1 Å². The van der Waals surface area contributed by atoms with Crippen LogP contribution in [0.3, 0.4) is 0 Å². The van der Waals surface area contributed by atoms with Gasteiger partial charge in [0.2, 0.25) is 0 Å². The van der Waals surface area contributed by atoms with Gasteiger partial charge >= 0.3 is 5.97 Å². The third-order valence-corrected chi connectivity index (χ3v) is 3.11. The fraction of sp³-hybridized carbons (Fsp3) is 0.471. The van der Waals surface area contributed by atoms with Crippen molar-refractivity contribution in [3.63, 3.8) is 0 Å². The van der Waals surface area contributed by atoms with Gasteiger partial charge in [-0.15, -0.1) is 0 Å². The van der Waals surface area contributed by atoms with E-state index in [9.17, 15) is 4.79 Å². The van der Waals surface area contributed by atoms with Crippen LogP contribution < -0.4 is 9.47 Å². The Morgan fingerprint density at radius 2 is 1.95 bits per heavy atom. The van der Waals surface area contributed by atoms with Crippen molar-refractivity contribution in [2.24, 2.45) is 0 Å². The second kappa shape index (κ2) is 9.86. The molecule has 0 unspecified atom stereocenters. The van der Waals surface area contributed by atoms with E-state index in [0.717, 1.165) is 18.1 Å². The first kappa shape index (κ1) is 17.1. The number of hydrogen-bond acceptors (Lipinski definition) is 3. The van der Waals surface area contributed by atoms with Gasteiger partial charge in [-0.05, 0) is 30.2 Å². The summed E-state index contributed by atoms with van der Waals surface area (Å²) < 4.78 is 11.0. The number of rotatable bonds is 10. The van der Waals surface area contributed by atoms with Gasteiger partial charge in [0.1, 0.15) is 0 Å². The summed E-state index contributed by atoms with van der Waals surface area (Å²) in [6, 6.07) is 5.40. The first-order chi connectivity index (χ1) is 10.2. The number of carboxylic acid groups (broad SMARTS) is 1. The fourth-order valence-electron chi connectivity index (χ4n) is 1.96. The molecule has 0 bridgehead atoms. The molecule has 0 fully saturated rings. The van der Waals surface area contributed by atoms with E-state index in [1.54, 1.807) is 13.2 Å². The maximum atomic E-state index is 10.5. The molecule has 116 valence electrons. The minimum Gasteiger partial charge on any atom is -0.493 e. The largest absolute Gasteiger partial charge is 0.493 e. The molecule has 4 heteroatoms. The van der Waals surface area contributed by atoms with Crippen molar-refractivity contribution in [2.45, 2.75) is 39.0 Å². The van der Waals surface area contributed by atoms with Crippen LogP contribution in [0.5, 0.6) is 11.5 Å². The van der Waals surface area contributed by atoms with Crippen LogP contribution in [0.4, 0.5) is 0 Å². The molecule has 0 spiro atoms. The van der Waals surface area contributed by atoms with Crippen molar-refractivity contribution < 1.29 is 19.4 Å². The van der Waals surface area contributed by atoms with Gasteiger partial charge in [0, 0.05) is 6.08 Å². The number of carboxylic acids is 1. The van der Waals surface area contributed by atoms with E-state index in [2.05, 4.69) is 6.92 Å². The smallest absolute Gasteiger partial charge is 0.328 e. The molecular formula is C17H24O4. The topological polar surface area (TPSA) is 55.8 Å². The van der Waals surface area contributed by atoms with Gasteiger partial charge in [0.15, 0.2) is 11.5 Å². The SMILES string of the molecule is CCCCCCCOc1ccc(C=CC(=O)O)cc1OC. The number of carbonyl (C=O) groups is 1. The second-order valence-electron chi connectivity index (χ2n) is 4.84. The molecule has 0 atom stereocenters. The first-order valence-electron chi connectivity index (χ1n) is 7.39. The van der Waals surface area contributed by atoms with Gasteiger partial charge in [0.05, 0.1) is 13.7 Å². The van der Waals surface area contributed by atoms with Crippen molar-refractivity contribution in [3.8, 4) is 11.5 Å². The second-order valence-corrected chi connectivity index (χ2v) is 4.84. The predicted octanol–water partition coefficient (Wildman–Crippen LogP) is 4.14. The zero-order valence-electron chi connectivity index (χ0n) is 12.8. The molecule has 0 saturated heterocycles. The molecule has 0 heterocycles. The molecule has 0 aromatic heterocycles. The summed E-state index contributed by atoms with van der Waals surface area (Å²) in [5.41, 5.74) is 0.768. The summed E-state index contributed by atoms with van der Waals surface area (Å²) in [4.78, 5) is 10.5. The molecule has 1 aromatic carbocycles. The third-order valence-electron chi connectivity index (χ3n) is 3.11. The van der Waals surface area contributed by atoms with Crippen LogP contribution in [0, 0.1) is 0 Å². The van der Waals surface area contributed by atoms with Crippen LogP contribution in [0.2, 0.25) is 0 Å². The number of benzene rings is 1. The number of methoxy groups -OCH3 is 1. The highest BCUT2D eigenvalue weighted by Crippen LogP contribution is 2.28. The highest BCUT2D eigenvalue weighted by Gasteiger charge is 2.05. The Balaban J connectivity index is 2.52. The van der Waals surface area contributed by atoms with Crippen LogP contribution in [0.15, 0.2) is 24.3 Å². The minimum absolute atomic E-state index is 0.621. The average molecular weight is 292 g/mol. The van der Waals surface area contributed by atoms with E-state index < -0.39 is 5.97 Å². The van der Waals surface area contributed by atoms with E-state index in [1.807, 2.05) is 12.1 Å². The van der Waals surface area contributed by atoms with Crippen molar-refractivity contribution in [3.05, 3.63) is 29.8 Å². The summed E-state index contributed by atoms with van der Waals surface area (Å²) >= 11 is 0. The highest BCUT2D eigenvalue weighted by atomic mass is 16.5. The van der Waals surface area contributed by atoms with Crippen molar-refractivity contribution in [1.82, 2.24) is 0 Å². The minimum atomic E-state index is -0.971. The molecule has 0 aliphatic heterocycles. The van der Waals surface area contributed by atoms with E-state index in [4.69, 9.17) is 14.6 Å². The lowest BCUT2D eigenvalue weighted by molar-refractivity contribution is -0.131. The number of hydrogen-bond donors (Lipinski definition) is 1. The van der Waals surface area contributed by atoms with Gasteiger partial charge in [0.25, 0.3) is 0 Å². The van der Waals surface area contributed by atoms with Crippen LogP contribution in [0.25, 0.3) is 6.08 Å². The molecule has 0 saturated carbocycles. The molecule has 0 radical (unpaired) electrons. The summed E-state index contributed by atoms with van der Waals surface area (Å²) in [6.07, 6.45) is 8.59. The van der Waals surface area contributed by atoms with Gasteiger partial charge in [-0.3, -0.25) is 0 Å². The lowest BCUT2D eigenvalue weighted by Gasteiger charge is -2.11. The Kier molecular flexibility index (Phi) is 8.02. The summed E-state index contributed by atoms with van der Waals surface area (Å²) in [6.45, 7) is 2.87. The number of ether oxygens (including phenoxy) is 2. The van der Waals surface area contributed by atoms with Gasteiger partial charge < -0.3 is 14.6 Å². The van der Waals surface area contributed by atoms with Gasteiger partial charge in [-0.25, -0.2) is 4.79 Å². The Hall–Kier alpha value is -1.97. The molecule has 1 rings (SSSR count). The summed E-state index contributed by atoms with van der Waals surface area (Å²) in [5.74, 6) is 0.345. The van der Waals surface area contributed by atoms with Gasteiger partial charge in [-0.1, -0.05) is 38.7 Å². The molecule has 21 heavy (non-hydrogen) atoms. The monoisotopic (exact) mass is 292 g/mol. The maximum Gasteiger partial charge on any atom is 0.328 e. The zero-order chi connectivity index (χ0) is 15.5. The standard InChI is InChI=1S/C17H24O4/c1-3-4-5-6-7-12-21-15-10-8-14(9-11-17(18)19)13-16(15)20-2/h8-11,13H,3-7,12H2,1-2H3,(H,18,19). The Labute approximate surface area is 126 Å². The molecule has 4 nitrogen and oxygen atoms in total. The summed E-state index contributed by atoms with van der Waals surface area (Å²) in [5, 5.41) is 8.62. The Morgan fingerprint density at radius 3 is 2.62 bits per heavy atom. The normalized spacial score (nSPS) is 10.8. The van der Waals surface area contributed by atoms with Gasteiger partial charge in [-0.2, -0.15) is 0 Å². The number of unbranched alkanes of at least 4 members (excludes halogenated alkanes) is 4. The Morgan fingerprint density at radius 1 is 1.19 bits per heavy atom. The molecule has 0 aliphatic carbocycles. The van der Waals surface area contributed by atoms with Crippen molar-refractivity contribution >= 4 is 12.0 Å². The van der Waals surface area contributed by atoms with E-state index >= 15 is 0 Å². The number of aliphatic carboxylic acids is 1. The zero-order valence-corrected chi connectivity index (χ0v) is 12.8. The van der Waals surface area contributed by atoms with E-state index in [1.165, 1.54) is 31.8 Å². The van der Waals surface area contributed by atoms with Crippen LogP contribution in [-0.2, 0) is 4.79 Å². The lowest BCUT2D eigenvalue weighted by Crippen LogP contribution is -1.99. The molecule has 1 aromatic rings.